The third-order valence-electron chi connectivity index (χ3n) is 3.30. The normalized spacial score (nSPS) is 12.6. The van der Waals surface area contributed by atoms with E-state index in [1.165, 1.54) is 0 Å². The number of benzene rings is 1. The molecule has 3 N–H and O–H groups in total. The van der Waals surface area contributed by atoms with Crippen molar-refractivity contribution in [2.24, 2.45) is 5.84 Å². The van der Waals surface area contributed by atoms with E-state index in [2.05, 4.69) is 17.3 Å². The first-order valence-electron chi connectivity index (χ1n) is 6.69. The molecule has 0 aliphatic heterocycles. The molecule has 5 heteroatoms. The van der Waals surface area contributed by atoms with Gasteiger partial charge in [-0.25, -0.2) is 10.8 Å². The number of carbonyl (C=O) groups is 1. The van der Waals surface area contributed by atoms with Crippen LogP contribution in [0.2, 0.25) is 0 Å². The van der Waals surface area contributed by atoms with E-state index in [0.717, 1.165) is 36.1 Å². The van der Waals surface area contributed by atoms with Crippen LogP contribution >= 0.6 is 0 Å². The Morgan fingerprint density at radius 1 is 1.42 bits per heavy atom. The summed E-state index contributed by atoms with van der Waals surface area (Å²) < 4.78 is 2.01. The smallest absolute Gasteiger partial charge is 0.256 e. The van der Waals surface area contributed by atoms with Crippen molar-refractivity contribution >= 4 is 16.9 Å². The third kappa shape index (κ3) is 2.46. The van der Waals surface area contributed by atoms with Crippen molar-refractivity contribution in [3.8, 4) is 0 Å². The number of nitrogens with one attached hydrogen (secondary N) is 1. The summed E-state index contributed by atoms with van der Waals surface area (Å²) in [6.07, 6.45) is 2.44. The van der Waals surface area contributed by atoms with Crippen molar-refractivity contribution in [2.45, 2.75) is 39.2 Å². The summed E-state index contributed by atoms with van der Waals surface area (Å²) >= 11 is 0. The van der Waals surface area contributed by atoms with Gasteiger partial charge in [0.15, 0.2) is 0 Å². The van der Waals surface area contributed by atoms with Crippen LogP contribution in [-0.2, 0) is 11.2 Å². The molecule has 0 saturated heterocycles. The van der Waals surface area contributed by atoms with Crippen LogP contribution in [0.25, 0.3) is 11.0 Å². The van der Waals surface area contributed by atoms with Crippen LogP contribution in [0.15, 0.2) is 24.3 Å². The molecule has 1 unspecified atom stereocenters. The molecule has 1 heterocycles. The number of hydrazine groups is 1. The van der Waals surface area contributed by atoms with Gasteiger partial charge in [-0.3, -0.25) is 10.2 Å². The number of hydrogen-bond acceptors (Lipinski definition) is 3. The molecule has 0 aliphatic rings. The molecule has 2 aromatic rings. The fraction of sp³-hybridized carbons (Fsp3) is 0.429. The van der Waals surface area contributed by atoms with E-state index < -0.39 is 0 Å². The zero-order valence-corrected chi connectivity index (χ0v) is 11.4. The van der Waals surface area contributed by atoms with Gasteiger partial charge in [-0.15, -0.1) is 0 Å². The van der Waals surface area contributed by atoms with Gasteiger partial charge >= 0.3 is 0 Å². The molecule has 0 bridgehead atoms. The molecule has 2 rings (SSSR count). The van der Waals surface area contributed by atoms with Crippen LogP contribution in [0.3, 0.4) is 0 Å². The van der Waals surface area contributed by atoms with E-state index in [-0.39, 0.29) is 11.9 Å². The molecule has 0 spiro atoms. The monoisotopic (exact) mass is 260 g/mol. The predicted molar refractivity (Wildman–Crippen MR) is 75.4 cm³/mol. The summed E-state index contributed by atoms with van der Waals surface area (Å²) in [6, 6.07) is 7.58. The van der Waals surface area contributed by atoms with Gasteiger partial charge in [0.2, 0.25) is 0 Å². The molecule has 19 heavy (non-hydrogen) atoms. The predicted octanol–water partition coefficient (Wildman–Crippen LogP) is 1.93. The number of aryl methyl sites for hydroxylation is 1. The highest BCUT2D eigenvalue weighted by Crippen LogP contribution is 2.24. The number of carbonyl (C=O) groups excluding carboxylic acids is 1. The lowest BCUT2D eigenvalue weighted by Gasteiger charge is -2.19. The number of amides is 1. The number of nitrogens with two attached hydrogens (primary N) is 1. The lowest BCUT2D eigenvalue weighted by atomic mass is 10.1. The maximum Gasteiger partial charge on any atom is 0.256 e. The molecule has 1 aromatic carbocycles. The highest BCUT2D eigenvalue weighted by atomic mass is 16.2. The van der Waals surface area contributed by atoms with Crippen molar-refractivity contribution in [1.82, 2.24) is 15.0 Å². The van der Waals surface area contributed by atoms with E-state index in [9.17, 15) is 4.79 Å². The van der Waals surface area contributed by atoms with Gasteiger partial charge < -0.3 is 4.57 Å². The van der Waals surface area contributed by atoms with Crippen LogP contribution in [0.5, 0.6) is 0 Å². The maximum absolute atomic E-state index is 12.0. The van der Waals surface area contributed by atoms with E-state index in [4.69, 9.17) is 5.84 Å². The number of aromatic nitrogens is 2. The van der Waals surface area contributed by atoms with Crippen LogP contribution < -0.4 is 11.3 Å². The number of nitrogens with zero attached hydrogens (tertiary/aromatic N) is 2. The average molecular weight is 260 g/mol. The number of rotatable bonds is 5. The van der Waals surface area contributed by atoms with E-state index in [0.29, 0.717) is 0 Å². The highest BCUT2D eigenvalue weighted by molar-refractivity contribution is 5.84. The van der Waals surface area contributed by atoms with Gasteiger partial charge in [-0.05, 0) is 18.6 Å². The van der Waals surface area contributed by atoms with Gasteiger partial charge in [-0.2, -0.15) is 0 Å². The van der Waals surface area contributed by atoms with Crippen LogP contribution in [0.4, 0.5) is 0 Å². The molecule has 0 saturated carbocycles. The van der Waals surface area contributed by atoms with Gasteiger partial charge in [0.25, 0.3) is 5.91 Å². The van der Waals surface area contributed by atoms with Crippen LogP contribution in [0.1, 0.15) is 38.6 Å². The van der Waals surface area contributed by atoms with E-state index in [1.54, 1.807) is 0 Å². The Labute approximate surface area is 112 Å². The average Bonchev–Trinajstić information content (AvgIpc) is 2.82. The lowest BCUT2D eigenvalue weighted by Crippen LogP contribution is -2.37. The summed E-state index contributed by atoms with van der Waals surface area (Å²) in [6.45, 7) is 4.10. The van der Waals surface area contributed by atoms with Crippen molar-refractivity contribution in [3.05, 3.63) is 30.1 Å². The Morgan fingerprint density at radius 2 is 2.16 bits per heavy atom. The molecular formula is C14H20N4O. The van der Waals surface area contributed by atoms with Crippen LogP contribution in [0, 0.1) is 0 Å². The molecule has 1 amide bonds. The molecular weight excluding hydrogens is 240 g/mol. The van der Waals surface area contributed by atoms with Crippen molar-refractivity contribution in [3.63, 3.8) is 0 Å². The van der Waals surface area contributed by atoms with E-state index in [1.807, 2.05) is 35.8 Å². The number of fused-ring (bicyclic) bond motifs is 1. The molecule has 1 atom stereocenters. The number of hydrogen-bond donors (Lipinski definition) is 2. The molecule has 0 fully saturated rings. The standard InChI is InChI=1S/C14H20N4O/c1-3-7-12(14(19)17-15)18-11-9-6-5-8-10(11)16-13(18)4-2/h5-6,8-9,12H,3-4,7,15H2,1-2H3,(H,17,19). The Bertz CT molecular complexity index is 576. The first-order chi connectivity index (χ1) is 9.22. The van der Waals surface area contributed by atoms with Crippen LogP contribution in [-0.4, -0.2) is 15.5 Å². The molecule has 0 aliphatic carbocycles. The summed E-state index contributed by atoms with van der Waals surface area (Å²) in [5, 5.41) is 0. The summed E-state index contributed by atoms with van der Waals surface area (Å²) in [4.78, 5) is 16.6. The Kier molecular flexibility index (Phi) is 4.16. The molecule has 0 radical (unpaired) electrons. The van der Waals surface area contributed by atoms with Gasteiger partial charge in [0.05, 0.1) is 11.0 Å². The summed E-state index contributed by atoms with van der Waals surface area (Å²) in [5.74, 6) is 6.06. The fourth-order valence-corrected chi connectivity index (χ4v) is 2.44. The summed E-state index contributed by atoms with van der Waals surface area (Å²) in [7, 11) is 0. The molecule has 1 aromatic heterocycles. The maximum atomic E-state index is 12.0. The minimum Gasteiger partial charge on any atom is -0.315 e. The van der Waals surface area contributed by atoms with Crippen molar-refractivity contribution in [1.29, 1.82) is 0 Å². The largest absolute Gasteiger partial charge is 0.315 e. The Morgan fingerprint density at radius 3 is 2.79 bits per heavy atom. The summed E-state index contributed by atoms with van der Waals surface area (Å²) in [5.41, 5.74) is 4.18. The van der Waals surface area contributed by atoms with Gasteiger partial charge in [0, 0.05) is 6.42 Å². The first-order valence-corrected chi connectivity index (χ1v) is 6.69. The lowest BCUT2D eigenvalue weighted by molar-refractivity contribution is -0.124. The van der Waals surface area contributed by atoms with Gasteiger partial charge in [-0.1, -0.05) is 32.4 Å². The quantitative estimate of drug-likeness (QED) is 0.490. The zero-order chi connectivity index (χ0) is 13.8. The first kappa shape index (κ1) is 13.5. The zero-order valence-electron chi connectivity index (χ0n) is 11.4. The van der Waals surface area contributed by atoms with Gasteiger partial charge in [0.1, 0.15) is 11.9 Å². The van der Waals surface area contributed by atoms with Crippen molar-refractivity contribution < 1.29 is 4.79 Å². The minimum absolute atomic E-state index is 0.167. The Balaban J connectivity index is 2.59. The second kappa shape index (κ2) is 5.84. The SMILES string of the molecule is CCCC(C(=O)NN)n1c(CC)nc2ccccc21. The minimum atomic E-state index is -0.294. The second-order valence-electron chi connectivity index (χ2n) is 4.55. The second-order valence-corrected chi connectivity index (χ2v) is 4.55. The molecule has 102 valence electrons. The number of para-hydroxylation sites is 2. The fourth-order valence-electron chi connectivity index (χ4n) is 2.44. The van der Waals surface area contributed by atoms with Crippen molar-refractivity contribution in [2.75, 3.05) is 0 Å². The highest BCUT2D eigenvalue weighted by Gasteiger charge is 2.23. The number of imidazole rings is 1. The molecule has 5 nitrogen and oxygen atoms in total. The van der Waals surface area contributed by atoms with E-state index >= 15 is 0 Å². The topological polar surface area (TPSA) is 72.9 Å². The Hall–Kier alpha value is -1.88. The third-order valence-corrected chi connectivity index (χ3v) is 3.30.